The van der Waals surface area contributed by atoms with Gasteiger partial charge < -0.3 is 19.2 Å². The predicted molar refractivity (Wildman–Crippen MR) is 107 cm³/mol. The zero-order valence-electron chi connectivity index (χ0n) is 15.7. The van der Waals surface area contributed by atoms with Gasteiger partial charge in [-0.3, -0.25) is 9.59 Å². The van der Waals surface area contributed by atoms with Crippen LogP contribution in [-0.2, 0) is 11.8 Å². The van der Waals surface area contributed by atoms with Crippen molar-refractivity contribution >= 4 is 34.1 Å². The standard InChI is InChI=1S/C21H17ClFNO5/c1-11(25)3-6-18(26)19-20(27)16-5-4-14(10-17(16)24(2)21(19)28)29-15-8-12(22)7-13(23)9-15/h4-5,7-10,27H,3,6H2,1-2H3. The number of ether oxygens (including phenoxy) is 1. The lowest BCUT2D eigenvalue weighted by Crippen LogP contribution is -2.25. The van der Waals surface area contributed by atoms with E-state index in [1.165, 1.54) is 42.8 Å². The van der Waals surface area contributed by atoms with Gasteiger partial charge in [-0.15, -0.1) is 0 Å². The smallest absolute Gasteiger partial charge is 0.265 e. The lowest BCUT2D eigenvalue weighted by molar-refractivity contribution is -0.116. The quantitative estimate of drug-likeness (QED) is 0.601. The van der Waals surface area contributed by atoms with E-state index in [4.69, 9.17) is 16.3 Å². The predicted octanol–water partition coefficient (Wildman–Crippen LogP) is 4.38. The Labute approximate surface area is 170 Å². The molecule has 0 saturated heterocycles. The summed E-state index contributed by atoms with van der Waals surface area (Å²) < 4.78 is 20.3. The Hall–Kier alpha value is -3.19. The summed E-state index contributed by atoms with van der Waals surface area (Å²) >= 11 is 5.82. The van der Waals surface area contributed by atoms with E-state index in [0.717, 1.165) is 12.1 Å². The van der Waals surface area contributed by atoms with Crippen molar-refractivity contribution in [2.45, 2.75) is 19.8 Å². The molecule has 0 atom stereocenters. The molecule has 0 amide bonds. The molecule has 1 heterocycles. The van der Waals surface area contributed by atoms with Crippen LogP contribution < -0.4 is 10.3 Å². The molecule has 1 aromatic heterocycles. The summed E-state index contributed by atoms with van der Waals surface area (Å²) in [6.45, 7) is 1.35. The molecule has 1 N–H and O–H groups in total. The monoisotopic (exact) mass is 417 g/mol. The maximum atomic E-state index is 13.5. The number of aromatic nitrogens is 1. The number of fused-ring (bicyclic) bond motifs is 1. The minimum atomic E-state index is -0.686. The Morgan fingerprint density at radius 1 is 1.14 bits per heavy atom. The van der Waals surface area contributed by atoms with E-state index < -0.39 is 22.9 Å². The van der Waals surface area contributed by atoms with Crippen LogP contribution in [0.3, 0.4) is 0 Å². The molecule has 0 radical (unpaired) electrons. The second-order valence-corrected chi connectivity index (χ2v) is 7.04. The number of halogens is 2. The van der Waals surface area contributed by atoms with Crippen LogP contribution >= 0.6 is 11.6 Å². The summed E-state index contributed by atoms with van der Waals surface area (Å²) in [4.78, 5) is 36.1. The average Bonchev–Trinajstić information content (AvgIpc) is 2.64. The maximum absolute atomic E-state index is 13.5. The molecular formula is C21H17ClFNO5. The molecule has 3 rings (SSSR count). The highest BCUT2D eigenvalue weighted by Crippen LogP contribution is 2.32. The third-order valence-corrected chi connectivity index (χ3v) is 4.61. The van der Waals surface area contributed by atoms with E-state index in [2.05, 4.69) is 0 Å². The van der Waals surface area contributed by atoms with E-state index >= 15 is 0 Å². The molecule has 0 aliphatic heterocycles. The Bertz CT molecular complexity index is 1180. The number of carbonyl (C=O) groups excluding carboxylic acids is 2. The topological polar surface area (TPSA) is 85.6 Å². The number of aryl methyl sites for hydroxylation is 1. The van der Waals surface area contributed by atoms with Crippen LogP contribution in [0.15, 0.2) is 41.2 Å². The summed E-state index contributed by atoms with van der Waals surface area (Å²) in [7, 11) is 1.45. The van der Waals surface area contributed by atoms with Crippen molar-refractivity contribution in [2.24, 2.45) is 7.05 Å². The number of ketones is 2. The summed E-state index contributed by atoms with van der Waals surface area (Å²) in [6.07, 6.45) is -0.173. The van der Waals surface area contributed by atoms with Gasteiger partial charge in [-0.2, -0.15) is 0 Å². The van der Waals surface area contributed by atoms with Crippen molar-refractivity contribution in [2.75, 3.05) is 0 Å². The number of pyridine rings is 1. The highest BCUT2D eigenvalue weighted by molar-refractivity contribution is 6.30. The minimum Gasteiger partial charge on any atom is -0.506 e. The zero-order chi connectivity index (χ0) is 21.3. The van der Waals surface area contributed by atoms with Crippen molar-refractivity contribution < 1.29 is 23.8 Å². The molecule has 8 heteroatoms. The Morgan fingerprint density at radius 3 is 2.52 bits per heavy atom. The van der Waals surface area contributed by atoms with E-state index in [0.29, 0.717) is 5.52 Å². The van der Waals surface area contributed by atoms with Gasteiger partial charge in [-0.05, 0) is 31.2 Å². The molecule has 3 aromatic rings. The molecule has 0 spiro atoms. The number of nitrogens with zero attached hydrogens (tertiary/aromatic N) is 1. The molecule has 0 bridgehead atoms. The summed E-state index contributed by atoms with van der Waals surface area (Å²) in [5.74, 6) is -1.35. The Kier molecular flexibility index (Phi) is 5.70. The van der Waals surface area contributed by atoms with Crippen molar-refractivity contribution in [3.8, 4) is 17.2 Å². The lowest BCUT2D eigenvalue weighted by atomic mass is 10.0. The molecule has 0 aliphatic rings. The fourth-order valence-electron chi connectivity index (χ4n) is 2.96. The number of hydrogen-bond acceptors (Lipinski definition) is 5. The number of aromatic hydroxyl groups is 1. The molecule has 0 unspecified atom stereocenters. The molecule has 2 aromatic carbocycles. The van der Waals surface area contributed by atoms with Crippen molar-refractivity contribution in [1.82, 2.24) is 4.57 Å². The SMILES string of the molecule is CC(=O)CCC(=O)c1c(O)c2ccc(Oc3cc(F)cc(Cl)c3)cc2n(C)c1=O. The molecule has 0 fully saturated rings. The van der Waals surface area contributed by atoms with Gasteiger partial charge in [0, 0.05) is 42.4 Å². The van der Waals surface area contributed by atoms with Crippen molar-refractivity contribution in [1.29, 1.82) is 0 Å². The summed E-state index contributed by atoms with van der Waals surface area (Å²) in [5.41, 5.74) is -0.725. The third kappa shape index (κ3) is 4.30. The van der Waals surface area contributed by atoms with Gasteiger partial charge in [0.1, 0.15) is 34.4 Å². The first-order valence-electron chi connectivity index (χ1n) is 8.69. The summed E-state index contributed by atoms with van der Waals surface area (Å²) in [5, 5.41) is 10.9. The lowest BCUT2D eigenvalue weighted by Gasteiger charge is -2.13. The van der Waals surface area contributed by atoms with Gasteiger partial charge in [0.15, 0.2) is 5.78 Å². The molecule has 29 heavy (non-hydrogen) atoms. The first-order chi connectivity index (χ1) is 13.7. The van der Waals surface area contributed by atoms with Gasteiger partial charge in [0.25, 0.3) is 5.56 Å². The largest absolute Gasteiger partial charge is 0.506 e. The van der Waals surface area contributed by atoms with Crippen LogP contribution in [0.5, 0.6) is 17.2 Å². The molecule has 0 aliphatic carbocycles. The van der Waals surface area contributed by atoms with Crippen LogP contribution in [-0.4, -0.2) is 21.2 Å². The van der Waals surface area contributed by atoms with E-state index in [9.17, 15) is 23.9 Å². The van der Waals surface area contributed by atoms with Gasteiger partial charge in [0.05, 0.1) is 5.52 Å². The minimum absolute atomic E-state index is 0.0115. The average molecular weight is 418 g/mol. The fraction of sp³-hybridized carbons (Fsp3) is 0.190. The molecule has 0 saturated carbocycles. The van der Waals surface area contributed by atoms with Crippen molar-refractivity contribution in [3.05, 3.63) is 63.2 Å². The molecule has 6 nitrogen and oxygen atoms in total. The van der Waals surface area contributed by atoms with Crippen LogP contribution in [0.4, 0.5) is 4.39 Å². The Balaban J connectivity index is 2.05. The first kappa shape index (κ1) is 20.5. The summed E-state index contributed by atoms with van der Waals surface area (Å²) in [6, 6.07) is 8.21. The van der Waals surface area contributed by atoms with Crippen LogP contribution in [0.1, 0.15) is 30.1 Å². The molecular weight excluding hydrogens is 401 g/mol. The van der Waals surface area contributed by atoms with Crippen LogP contribution in [0.2, 0.25) is 5.02 Å². The maximum Gasteiger partial charge on any atom is 0.265 e. The number of rotatable bonds is 6. The van der Waals surface area contributed by atoms with Crippen molar-refractivity contribution in [3.63, 3.8) is 0 Å². The van der Waals surface area contributed by atoms with E-state index in [1.807, 2.05) is 0 Å². The number of Topliss-reactive ketones (excluding diaryl/α,β-unsaturated/α-hetero) is 2. The number of carbonyl (C=O) groups is 2. The van der Waals surface area contributed by atoms with Gasteiger partial charge >= 0.3 is 0 Å². The van der Waals surface area contributed by atoms with Gasteiger partial charge in [-0.1, -0.05) is 11.6 Å². The second-order valence-electron chi connectivity index (χ2n) is 6.60. The van der Waals surface area contributed by atoms with Crippen LogP contribution in [0.25, 0.3) is 10.9 Å². The Morgan fingerprint density at radius 2 is 1.86 bits per heavy atom. The fourth-order valence-corrected chi connectivity index (χ4v) is 3.17. The van der Waals surface area contributed by atoms with Crippen LogP contribution in [0, 0.1) is 5.82 Å². The third-order valence-electron chi connectivity index (χ3n) is 4.40. The van der Waals surface area contributed by atoms with Gasteiger partial charge in [0.2, 0.25) is 0 Å². The highest BCUT2D eigenvalue weighted by atomic mass is 35.5. The first-order valence-corrected chi connectivity index (χ1v) is 9.07. The number of hydrogen-bond donors (Lipinski definition) is 1. The van der Waals surface area contributed by atoms with E-state index in [1.54, 1.807) is 0 Å². The second kappa shape index (κ2) is 8.05. The zero-order valence-corrected chi connectivity index (χ0v) is 16.4. The van der Waals surface area contributed by atoms with Gasteiger partial charge in [-0.25, -0.2) is 4.39 Å². The molecule has 150 valence electrons. The normalized spacial score (nSPS) is 10.9. The highest BCUT2D eigenvalue weighted by Gasteiger charge is 2.21. The van der Waals surface area contributed by atoms with E-state index in [-0.39, 0.29) is 46.1 Å². The number of benzene rings is 2.